The zero-order valence-corrected chi connectivity index (χ0v) is 18.6. The van der Waals surface area contributed by atoms with Crippen molar-refractivity contribution < 1.29 is 9.26 Å². The molecule has 1 aromatic heterocycles. The van der Waals surface area contributed by atoms with Crippen LogP contribution in [0, 0.1) is 6.92 Å². The highest BCUT2D eigenvalue weighted by atomic mass is 32.1. The van der Waals surface area contributed by atoms with Gasteiger partial charge >= 0.3 is 0 Å². The first-order chi connectivity index (χ1) is 15.2. The molecule has 0 unspecified atom stereocenters. The smallest absolute Gasteiger partial charge is 0.173 e. The maximum atomic E-state index is 5.86. The van der Waals surface area contributed by atoms with Crippen molar-refractivity contribution in [3.05, 3.63) is 77.7 Å². The van der Waals surface area contributed by atoms with Gasteiger partial charge in [-0.05, 0) is 55.4 Å². The summed E-state index contributed by atoms with van der Waals surface area (Å²) in [5.41, 5.74) is 3.11. The third kappa shape index (κ3) is 6.29. The van der Waals surface area contributed by atoms with E-state index in [2.05, 4.69) is 32.4 Å². The number of nitrogens with zero attached hydrogens (tertiary/aromatic N) is 3. The minimum absolute atomic E-state index is 0.560. The first kappa shape index (κ1) is 21.3. The van der Waals surface area contributed by atoms with E-state index in [0.29, 0.717) is 6.61 Å². The Morgan fingerprint density at radius 1 is 1.06 bits per heavy atom. The molecule has 1 N–H and O–H groups in total. The van der Waals surface area contributed by atoms with Gasteiger partial charge in [0.2, 0.25) is 0 Å². The molecule has 0 atom stereocenters. The lowest BCUT2D eigenvalue weighted by atomic mass is 10.2. The minimum Gasteiger partial charge on any atom is -0.489 e. The number of thiocarbonyl (C=S) groups is 1. The highest BCUT2D eigenvalue weighted by Gasteiger charge is 2.18. The fourth-order valence-electron chi connectivity index (χ4n) is 3.63. The number of hydrogen-bond donors (Lipinski definition) is 1. The fraction of sp³-hybridized carbons (Fsp3) is 0.333. The standard InChI is InChI=1S/C24H28N4O2S/c1-19-16-22(26-30-19)17-27-12-5-13-28(15-14-27)24(31)25-21-8-10-23(11-9-21)29-18-20-6-3-2-4-7-20/h2-4,6-11,16H,5,12-15,17-18H2,1H3,(H,25,31). The molecular weight excluding hydrogens is 408 g/mol. The number of rotatable bonds is 6. The first-order valence-corrected chi connectivity index (χ1v) is 11.0. The van der Waals surface area contributed by atoms with Crippen molar-refractivity contribution in [1.82, 2.24) is 15.0 Å². The van der Waals surface area contributed by atoms with E-state index in [1.165, 1.54) is 0 Å². The summed E-state index contributed by atoms with van der Waals surface area (Å²) in [6.45, 7) is 7.10. The second kappa shape index (κ2) is 10.4. The molecule has 1 saturated heterocycles. The lowest BCUT2D eigenvalue weighted by molar-refractivity contribution is 0.267. The molecule has 2 aromatic carbocycles. The van der Waals surface area contributed by atoms with Crippen LogP contribution in [-0.2, 0) is 13.2 Å². The van der Waals surface area contributed by atoms with Crippen molar-refractivity contribution in [1.29, 1.82) is 0 Å². The summed E-state index contributed by atoms with van der Waals surface area (Å²) >= 11 is 5.67. The quantitative estimate of drug-likeness (QED) is 0.572. The number of aromatic nitrogens is 1. The Morgan fingerprint density at radius 2 is 1.87 bits per heavy atom. The minimum atomic E-state index is 0.560. The zero-order valence-electron chi connectivity index (χ0n) is 17.8. The van der Waals surface area contributed by atoms with E-state index in [-0.39, 0.29) is 0 Å². The van der Waals surface area contributed by atoms with Gasteiger partial charge in [-0.25, -0.2) is 0 Å². The van der Waals surface area contributed by atoms with Crippen molar-refractivity contribution in [2.75, 3.05) is 31.5 Å². The molecule has 0 aliphatic carbocycles. The van der Waals surface area contributed by atoms with E-state index in [4.69, 9.17) is 21.5 Å². The number of benzene rings is 2. The molecule has 1 fully saturated rings. The molecule has 162 valence electrons. The monoisotopic (exact) mass is 436 g/mol. The maximum Gasteiger partial charge on any atom is 0.173 e. The summed E-state index contributed by atoms with van der Waals surface area (Å²) in [4.78, 5) is 4.64. The third-order valence-corrected chi connectivity index (χ3v) is 5.65. The van der Waals surface area contributed by atoms with Crippen LogP contribution in [0.1, 0.15) is 23.4 Å². The molecule has 0 saturated carbocycles. The van der Waals surface area contributed by atoms with Crippen molar-refractivity contribution in [2.24, 2.45) is 0 Å². The van der Waals surface area contributed by atoms with Gasteiger partial charge in [-0.1, -0.05) is 35.5 Å². The van der Waals surface area contributed by atoms with E-state index in [1.807, 2.05) is 55.5 Å². The van der Waals surface area contributed by atoms with E-state index >= 15 is 0 Å². The van der Waals surface area contributed by atoms with E-state index < -0.39 is 0 Å². The van der Waals surface area contributed by atoms with Gasteiger partial charge in [0.1, 0.15) is 18.1 Å². The van der Waals surface area contributed by atoms with E-state index in [9.17, 15) is 0 Å². The lowest BCUT2D eigenvalue weighted by Crippen LogP contribution is -2.37. The lowest BCUT2D eigenvalue weighted by Gasteiger charge is -2.24. The van der Waals surface area contributed by atoms with Gasteiger partial charge in [-0.2, -0.15) is 0 Å². The Bertz CT molecular complexity index is 975. The van der Waals surface area contributed by atoms with Gasteiger partial charge in [0.05, 0.1) is 5.69 Å². The summed E-state index contributed by atoms with van der Waals surface area (Å²) in [5, 5.41) is 8.23. The molecule has 3 aromatic rings. The molecule has 0 amide bonds. The summed E-state index contributed by atoms with van der Waals surface area (Å²) < 4.78 is 11.0. The van der Waals surface area contributed by atoms with Crippen LogP contribution in [0.15, 0.2) is 65.2 Å². The second-order valence-electron chi connectivity index (χ2n) is 7.77. The van der Waals surface area contributed by atoms with Gasteiger partial charge in [-0.15, -0.1) is 0 Å². The molecule has 0 bridgehead atoms. The SMILES string of the molecule is Cc1cc(CN2CCCN(C(=S)Nc3ccc(OCc4ccccc4)cc3)CC2)no1. The van der Waals surface area contributed by atoms with Crippen LogP contribution in [0.25, 0.3) is 0 Å². The van der Waals surface area contributed by atoms with Crippen molar-refractivity contribution in [3.63, 3.8) is 0 Å². The molecule has 7 heteroatoms. The molecular formula is C24H28N4O2S. The van der Waals surface area contributed by atoms with Crippen LogP contribution in [0.2, 0.25) is 0 Å². The summed E-state index contributed by atoms with van der Waals surface area (Å²) in [7, 11) is 0. The van der Waals surface area contributed by atoms with Crippen LogP contribution >= 0.6 is 12.2 Å². The summed E-state index contributed by atoms with van der Waals surface area (Å²) in [6.07, 6.45) is 1.06. The molecule has 4 rings (SSSR count). The van der Waals surface area contributed by atoms with Gasteiger partial charge in [0.15, 0.2) is 5.11 Å². The number of aryl methyl sites for hydroxylation is 1. The van der Waals surface area contributed by atoms with Crippen molar-refractivity contribution >= 4 is 23.0 Å². The Morgan fingerprint density at radius 3 is 2.61 bits per heavy atom. The van der Waals surface area contributed by atoms with E-state index in [0.717, 1.165) is 72.7 Å². The number of hydrogen-bond acceptors (Lipinski definition) is 5. The summed E-state index contributed by atoms with van der Waals surface area (Å²) in [5.74, 6) is 1.70. The normalized spacial score (nSPS) is 14.8. The Hall–Kier alpha value is -2.90. The second-order valence-corrected chi connectivity index (χ2v) is 8.16. The van der Waals surface area contributed by atoms with Crippen LogP contribution in [-0.4, -0.2) is 46.2 Å². The van der Waals surface area contributed by atoms with Crippen LogP contribution in [0.5, 0.6) is 5.75 Å². The largest absolute Gasteiger partial charge is 0.489 e. The third-order valence-electron chi connectivity index (χ3n) is 5.29. The average molecular weight is 437 g/mol. The summed E-state index contributed by atoms with van der Waals surface area (Å²) in [6, 6.07) is 20.1. The number of ether oxygens (including phenoxy) is 1. The predicted octanol–water partition coefficient (Wildman–Crippen LogP) is 4.47. The maximum absolute atomic E-state index is 5.86. The molecule has 0 radical (unpaired) electrons. The average Bonchev–Trinajstić information content (AvgIpc) is 3.05. The fourth-order valence-corrected chi connectivity index (χ4v) is 3.93. The van der Waals surface area contributed by atoms with Crippen LogP contribution in [0.3, 0.4) is 0 Å². The number of nitrogens with one attached hydrogen (secondary N) is 1. The van der Waals surface area contributed by atoms with Crippen molar-refractivity contribution in [2.45, 2.75) is 26.5 Å². The molecule has 0 spiro atoms. The molecule has 31 heavy (non-hydrogen) atoms. The van der Waals surface area contributed by atoms with E-state index in [1.54, 1.807) is 0 Å². The van der Waals surface area contributed by atoms with Gasteiger partial charge < -0.3 is 19.5 Å². The Kier molecular flexibility index (Phi) is 7.17. The highest BCUT2D eigenvalue weighted by molar-refractivity contribution is 7.80. The Balaban J connectivity index is 1.25. The first-order valence-electron chi connectivity index (χ1n) is 10.6. The highest BCUT2D eigenvalue weighted by Crippen LogP contribution is 2.18. The molecule has 6 nitrogen and oxygen atoms in total. The topological polar surface area (TPSA) is 53.8 Å². The van der Waals surface area contributed by atoms with Crippen LogP contribution in [0.4, 0.5) is 5.69 Å². The van der Waals surface area contributed by atoms with Crippen LogP contribution < -0.4 is 10.1 Å². The van der Waals surface area contributed by atoms with Gasteiger partial charge in [0, 0.05) is 44.5 Å². The zero-order chi connectivity index (χ0) is 21.5. The Labute approximate surface area is 188 Å². The molecule has 2 heterocycles. The van der Waals surface area contributed by atoms with Gasteiger partial charge in [0.25, 0.3) is 0 Å². The van der Waals surface area contributed by atoms with Gasteiger partial charge in [-0.3, -0.25) is 4.90 Å². The molecule has 1 aliphatic rings. The van der Waals surface area contributed by atoms with Crippen molar-refractivity contribution in [3.8, 4) is 5.75 Å². The molecule has 1 aliphatic heterocycles. The predicted molar refractivity (Wildman–Crippen MR) is 126 cm³/mol. The number of anilines is 1.